The van der Waals surface area contributed by atoms with Crippen LogP contribution >= 0.6 is 11.6 Å². The first-order valence-electron chi connectivity index (χ1n) is 15.5. The first-order valence-corrected chi connectivity index (χ1v) is 15.9. The summed E-state index contributed by atoms with van der Waals surface area (Å²) in [5.41, 5.74) is 3.17. The Morgan fingerprint density at radius 1 is 1.22 bits per heavy atom. The molecule has 9 heteroatoms. The van der Waals surface area contributed by atoms with Gasteiger partial charge in [0.15, 0.2) is 6.35 Å². The van der Waals surface area contributed by atoms with Gasteiger partial charge in [0.2, 0.25) is 5.91 Å². The number of likely N-dealkylation sites (tertiary alicyclic amines) is 1. The number of halogens is 1. The molecule has 0 radical (unpaired) electrons. The lowest BCUT2D eigenvalue weighted by Crippen LogP contribution is -2.72. The number of ether oxygens (including phenoxy) is 1. The molecule has 2 aliphatic carbocycles. The van der Waals surface area contributed by atoms with E-state index in [2.05, 4.69) is 52.3 Å². The summed E-state index contributed by atoms with van der Waals surface area (Å²) in [6.07, 6.45) is 10.9. The van der Waals surface area contributed by atoms with E-state index in [1.54, 1.807) is 0 Å². The number of carbonyl (C=O) groups is 1. The van der Waals surface area contributed by atoms with Gasteiger partial charge in [-0.2, -0.15) is 5.26 Å². The molecule has 8 nitrogen and oxygen atoms in total. The fourth-order valence-corrected chi connectivity index (χ4v) is 8.64. The summed E-state index contributed by atoms with van der Waals surface area (Å²) in [6.45, 7) is 7.61. The second-order valence-electron chi connectivity index (χ2n) is 13.1. The van der Waals surface area contributed by atoms with Crippen LogP contribution in [0.5, 0.6) is 0 Å². The van der Waals surface area contributed by atoms with Crippen molar-refractivity contribution in [2.75, 3.05) is 39.8 Å². The molecule has 0 bridgehead atoms. The molecule has 0 aromatic heterocycles. The Morgan fingerprint density at radius 2 is 2.10 bits per heavy atom. The summed E-state index contributed by atoms with van der Waals surface area (Å²) < 4.78 is 6.57. The Bertz CT molecular complexity index is 1170. The number of rotatable bonds is 6. The molecule has 1 saturated carbocycles. The molecule has 222 valence electrons. The second-order valence-corrected chi connectivity index (χ2v) is 13.6. The topological polar surface area (TPSA) is 83.9 Å². The van der Waals surface area contributed by atoms with Crippen molar-refractivity contribution >= 4 is 17.5 Å². The minimum Gasteiger partial charge on any atom is -0.348 e. The molecule has 1 amide bonds. The van der Waals surface area contributed by atoms with Crippen LogP contribution in [-0.2, 0) is 22.4 Å². The van der Waals surface area contributed by atoms with E-state index in [1.165, 1.54) is 42.9 Å². The number of hydrogen-bond acceptors (Lipinski definition) is 7. The molecule has 4 fully saturated rings. The van der Waals surface area contributed by atoms with E-state index in [1.807, 2.05) is 11.0 Å². The number of carbonyl (C=O) groups excluding carboxylic acids is 1. The number of nitrogens with one attached hydrogen (secondary N) is 2. The van der Waals surface area contributed by atoms with Crippen molar-refractivity contribution in [3.05, 3.63) is 47.0 Å². The number of hydrogen-bond donors (Lipinski definition) is 2. The van der Waals surface area contributed by atoms with Gasteiger partial charge in [-0.25, -0.2) is 0 Å². The van der Waals surface area contributed by atoms with Gasteiger partial charge in [0.05, 0.1) is 31.3 Å². The van der Waals surface area contributed by atoms with E-state index < -0.39 is 0 Å². The molecule has 3 saturated heterocycles. The standard InChI is InChI=1S/C32H45ClN6O2/c1-3-29(40)39-16-15-38(20-25(39)10-13-34)30-27-9-12-32(11-8-22-17-24(33)7-6-23(22)18-32)19-28(27)35-31(36-30)41-21-26-5-4-14-37(26)2/h3,6-7,17,25-28,30-31,35-36H,1,4-5,8-12,14-16,18-21H2,2H3. The van der Waals surface area contributed by atoms with E-state index in [-0.39, 0.29) is 24.5 Å². The Morgan fingerprint density at radius 3 is 2.88 bits per heavy atom. The maximum atomic E-state index is 12.6. The molecule has 1 aromatic carbocycles. The zero-order valence-corrected chi connectivity index (χ0v) is 25.1. The summed E-state index contributed by atoms with van der Waals surface area (Å²) in [5, 5.41) is 18.1. The van der Waals surface area contributed by atoms with Crippen LogP contribution in [-0.4, -0.2) is 91.1 Å². The number of nitriles is 1. The van der Waals surface area contributed by atoms with Crippen molar-refractivity contribution in [2.45, 2.75) is 88.4 Å². The smallest absolute Gasteiger partial charge is 0.246 e. The van der Waals surface area contributed by atoms with Crippen LogP contribution in [0.3, 0.4) is 0 Å². The van der Waals surface area contributed by atoms with E-state index in [9.17, 15) is 10.1 Å². The van der Waals surface area contributed by atoms with Crippen LogP contribution in [0.25, 0.3) is 0 Å². The summed E-state index contributed by atoms with van der Waals surface area (Å²) in [4.78, 5) is 19.3. The van der Waals surface area contributed by atoms with Gasteiger partial charge in [-0.1, -0.05) is 24.2 Å². The van der Waals surface area contributed by atoms with Crippen molar-refractivity contribution in [1.29, 1.82) is 5.26 Å². The quantitative estimate of drug-likeness (QED) is 0.498. The summed E-state index contributed by atoms with van der Waals surface area (Å²) in [6, 6.07) is 9.44. The first-order chi connectivity index (χ1) is 19.9. The second kappa shape index (κ2) is 12.3. The van der Waals surface area contributed by atoms with Gasteiger partial charge in [-0.3, -0.25) is 20.3 Å². The normalized spacial score (nSPS) is 36.0. The third-order valence-corrected chi connectivity index (χ3v) is 11.0. The van der Waals surface area contributed by atoms with Gasteiger partial charge in [0.25, 0.3) is 0 Å². The molecule has 7 unspecified atom stereocenters. The third kappa shape index (κ3) is 6.08. The van der Waals surface area contributed by atoms with Crippen molar-refractivity contribution in [3.63, 3.8) is 0 Å². The average Bonchev–Trinajstić information content (AvgIpc) is 3.39. The average molecular weight is 581 g/mol. The molecular weight excluding hydrogens is 536 g/mol. The van der Waals surface area contributed by atoms with Crippen molar-refractivity contribution < 1.29 is 9.53 Å². The van der Waals surface area contributed by atoms with E-state index >= 15 is 0 Å². The zero-order valence-electron chi connectivity index (χ0n) is 24.4. The molecule has 1 aromatic rings. The van der Waals surface area contributed by atoms with Crippen molar-refractivity contribution in [3.8, 4) is 6.07 Å². The summed E-state index contributed by atoms with van der Waals surface area (Å²) in [5.74, 6) is 0.354. The highest BCUT2D eigenvalue weighted by atomic mass is 35.5. The fraction of sp³-hybridized carbons (Fsp3) is 0.688. The molecule has 2 N–H and O–H groups in total. The van der Waals surface area contributed by atoms with E-state index in [4.69, 9.17) is 16.3 Å². The van der Waals surface area contributed by atoms with Crippen LogP contribution in [0.1, 0.15) is 56.1 Å². The van der Waals surface area contributed by atoms with Gasteiger partial charge in [0.1, 0.15) is 0 Å². The minimum atomic E-state index is -0.220. The van der Waals surface area contributed by atoms with Gasteiger partial charge in [0, 0.05) is 42.7 Å². The maximum Gasteiger partial charge on any atom is 0.246 e. The number of amides is 1. The zero-order chi connectivity index (χ0) is 28.6. The lowest BCUT2D eigenvalue weighted by atomic mass is 9.59. The molecular formula is C32H45ClN6O2. The molecule has 7 atom stereocenters. The number of likely N-dealkylation sites (N-methyl/N-ethyl adjacent to an activating group) is 1. The maximum absolute atomic E-state index is 12.6. The van der Waals surface area contributed by atoms with Gasteiger partial charge < -0.3 is 14.5 Å². The van der Waals surface area contributed by atoms with E-state index in [0.29, 0.717) is 49.5 Å². The van der Waals surface area contributed by atoms with Crippen molar-refractivity contribution in [2.24, 2.45) is 11.3 Å². The largest absolute Gasteiger partial charge is 0.348 e. The van der Waals surface area contributed by atoms with Gasteiger partial charge >= 0.3 is 0 Å². The van der Waals surface area contributed by atoms with Crippen LogP contribution in [0.4, 0.5) is 0 Å². The fourth-order valence-electron chi connectivity index (χ4n) is 8.44. The highest BCUT2D eigenvalue weighted by Gasteiger charge is 2.50. The molecule has 3 heterocycles. The van der Waals surface area contributed by atoms with Crippen molar-refractivity contribution in [1.82, 2.24) is 25.3 Å². The highest BCUT2D eigenvalue weighted by Crippen LogP contribution is 2.49. The molecule has 6 rings (SSSR count). The lowest BCUT2D eigenvalue weighted by molar-refractivity contribution is -0.137. The van der Waals surface area contributed by atoms with Crippen LogP contribution < -0.4 is 10.6 Å². The van der Waals surface area contributed by atoms with Gasteiger partial charge in [-0.15, -0.1) is 0 Å². The van der Waals surface area contributed by atoms with Crippen LogP contribution in [0.2, 0.25) is 5.02 Å². The monoisotopic (exact) mass is 580 g/mol. The summed E-state index contributed by atoms with van der Waals surface area (Å²) >= 11 is 6.32. The number of aryl methyl sites for hydroxylation is 1. The number of benzene rings is 1. The van der Waals surface area contributed by atoms with Crippen LogP contribution in [0.15, 0.2) is 30.9 Å². The molecule has 1 spiro atoms. The first kappa shape index (κ1) is 29.1. The Hall–Kier alpha value is -1.99. The lowest BCUT2D eigenvalue weighted by Gasteiger charge is -2.56. The summed E-state index contributed by atoms with van der Waals surface area (Å²) in [7, 11) is 2.19. The molecule has 41 heavy (non-hydrogen) atoms. The minimum absolute atomic E-state index is 0.0820. The van der Waals surface area contributed by atoms with Crippen LogP contribution in [0, 0.1) is 22.7 Å². The Labute approximate surface area is 250 Å². The van der Waals surface area contributed by atoms with E-state index in [0.717, 1.165) is 43.8 Å². The molecule has 5 aliphatic rings. The highest BCUT2D eigenvalue weighted by molar-refractivity contribution is 6.30. The Balaban J connectivity index is 1.20. The predicted molar refractivity (Wildman–Crippen MR) is 160 cm³/mol. The van der Waals surface area contributed by atoms with Gasteiger partial charge in [-0.05, 0) is 99.7 Å². The predicted octanol–water partition coefficient (Wildman–Crippen LogP) is 3.51. The molecule has 3 aliphatic heterocycles. The number of piperazine rings is 1. The third-order valence-electron chi connectivity index (χ3n) is 10.7. The SMILES string of the molecule is C=CC(=O)N1CCN(C2NC(OCC3CCCN3C)NC3CC4(CCc5cc(Cl)ccc5C4)CCC32)CC1CC#N. The number of fused-ring (bicyclic) bond motifs is 2. The Kier molecular flexibility index (Phi) is 8.74. The number of nitrogens with zero attached hydrogens (tertiary/aromatic N) is 4.